The van der Waals surface area contributed by atoms with E-state index in [0.29, 0.717) is 0 Å². The van der Waals surface area contributed by atoms with E-state index >= 15 is 0 Å². The first-order valence-corrected chi connectivity index (χ1v) is 11.8. The van der Waals surface area contributed by atoms with Gasteiger partial charge in [0.2, 0.25) is 0 Å². The van der Waals surface area contributed by atoms with Gasteiger partial charge < -0.3 is 0 Å². The van der Waals surface area contributed by atoms with Crippen LogP contribution in [0.15, 0.2) is 97.2 Å². The molecule has 7 rings (SSSR count). The van der Waals surface area contributed by atoms with Crippen LogP contribution in [0, 0.1) is 6.92 Å². The maximum absolute atomic E-state index is 4.54. The Morgan fingerprint density at radius 2 is 1.52 bits per heavy atom. The third kappa shape index (κ3) is 2.81. The van der Waals surface area contributed by atoms with Crippen molar-refractivity contribution in [3.05, 3.63) is 103 Å². The predicted octanol–water partition coefficient (Wildman–Crippen LogP) is 7.89. The molecule has 156 valence electrons. The molecule has 0 radical (unpaired) electrons. The minimum Gasteiger partial charge on any atom is -0.282 e. The van der Waals surface area contributed by atoms with Crippen molar-refractivity contribution in [2.75, 3.05) is 0 Å². The van der Waals surface area contributed by atoms with E-state index in [9.17, 15) is 0 Å². The number of fused-ring (bicyclic) bond motifs is 6. The van der Waals surface area contributed by atoms with Crippen LogP contribution in [-0.2, 0) is 0 Å². The number of benzene rings is 4. The zero-order valence-corrected chi connectivity index (χ0v) is 18.8. The fourth-order valence-electron chi connectivity index (χ4n) is 4.75. The van der Waals surface area contributed by atoms with Gasteiger partial charge in [0.1, 0.15) is 0 Å². The first-order valence-electron chi connectivity index (χ1n) is 11.0. The first kappa shape index (κ1) is 18.5. The molecule has 3 nitrogen and oxygen atoms in total. The van der Waals surface area contributed by atoms with E-state index < -0.39 is 0 Å². The molecule has 0 N–H and O–H groups in total. The van der Waals surface area contributed by atoms with Crippen LogP contribution in [0.2, 0.25) is 0 Å². The smallest absolute Gasteiger partial charge is 0.168 e. The lowest BCUT2D eigenvalue weighted by Gasteiger charge is -2.06. The van der Waals surface area contributed by atoms with E-state index in [2.05, 4.69) is 119 Å². The van der Waals surface area contributed by atoms with Gasteiger partial charge in [0, 0.05) is 37.3 Å². The summed E-state index contributed by atoms with van der Waals surface area (Å²) in [6.45, 7) is 2.11. The minimum absolute atomic E-state index is 0.861. The molecule has 0 aliphatic carbocycles. The van der Waals surface area contributed by atoms with Crippen molar-refractivity contribution < 1.29 is 0 Å². The van der Waals surface area contributed by atoms with Crippen molar-refractivity contribution in [3.8, 4) is 22.5 Å². The summed E-state index contributed by atoms with van der Waals surface area (Å²) in [7, 11) is 0. The molecule has 0 atom stereocenters. The molecule has 0 unspecified atom stereocenters. The second-order valence-electron chi connectivity index (χ2n) is 8.48. The van der Waals surface area contributed by atoms with E-state index in [-0.39, 0.29) is 0 Å². The van der Waals surface area contributed by atoms with Gasteiger partial charge in [0.25, 0.3) is 0 Å². The van der Waals surface area contributed by atoms with E-state index in [1.54, 1.807) is 0 Å². The van der Waals surface area contributed by atoms with Gasteiger partial charge in [-0.05, 0) is 41.6 Å². The molecule has 7 aromatic rings. The summed E-state index contributed by atoms with van der Waals surface area (Å²) in [4.78, 5) is 0. The molecule has 0 spiro atoms. The van der Waals surface area contributed by atoms with E-state index in [4.69, 9.17) is 0 Å². The molecular formula is C29H19N3S. The van der Waals surface area contributed by atoms with Crippen molar-refractivity contribution in [2.24, 2.45) is 0 Å². The van der Waals surface area contributed by atoms with Gasteiger partial charge in [0.15, 0.2) is 11.5 Å². The van der Waals surface area contributed by atoms with Crippen LogP contribution < -0.4 is 0 Å². The van der Waals surface area contributed by atoms with Crippen LogP contribution in [0.25, 0.3) is 59.1 Å². The number of aromatic nitrogens is 3. The number of rotatable bonds is 2. The largest absolute Gasteiger partial charge is 0.282 e. The Hall–Kier alpha value is -4.02. The summed E-state index contributed by atoms with van der Waals surface area (Å²) in [5, 5.41) is 14.0. The zero-order valence-electron chi connectivity index (χ0n) is 18.0. The molecular weight excluding hydrogens is 422 g/mol. The maximum Gasteiger partial charge on any atom is 0.168 e. The van der Waals surface area contributed by atoms with Crippen LogP contribution in [0.5, 0.6) is 0 Å². The van der Waals surface area contributed by atoms with E-state index in [0.717, 1.165) is 22.4 Å². The summed E-state index contributed by atoms with van der Waals surface area (Å²) >= 11 is 1.86. The van der Waals surface area contributed by atoms with Gasteiger partial charge in [-0.3, -0.25) is 4.40 Å². The number of hydrogen-bond acceptors (Lipinski definition) is 3. The molecule has 33 heavy (non-hydrogen) atoms. The van der Waals surface area contributed by atoms with Gasteiger partial charge in [-0.2, -0.15) is 0 Å². The Bertz CT molecular complexity index is 1820. The first-order chi connectivity index (χ1) is 16.3. The average Bonchev–Trinajstić information content (AvgIpc) is 3.46. The summed E-state index contributed by atoms with van der Waals surface area (Å²) in [6, 6.07) is 32.5. The van der Waals surface area contributed by atoms with Gasteiger partial charge in [-0.1, -0.05) is 78.4 Å². The van der Waals surface area contributed by atoms with Crippen LogP contribution in [0.3, 0.4) is 0 Å². The molecule has 0 amide bonds. The van der Waals surface area contributed by atoms with Gasteiger partial charge in [0.05, 0.1) is 0 Å². The standard InChI is InChI=1S/C29H19N3S/c1-18-9-10-20-15-16-32-28(30-31-29(32)25(20)17-18)21-13-11-19(12-14-21)22-6-4-7-24-23-5-2-3-8-26(23)33-27(22)24/h2-17H,1H3. The van der Waals surface area contributed by atoms with Crippen LogP contribution in [0.4, 0.5) is 0 Å². The van der Waals surface area contributed by atoms with Crippen molar-refractivity contribution in [1.29, 1.82) is 0 Å². The Morgan fingerprint density at radius 1 is 0.697 bits per heavy atom. The van der Waals surface area contributed by atoms with Gasteiger partial charge in [-0.25, -0.2) is 0 Å². The van der Waals surface area contributed by atoms with E-state index in [1.165, 1.54) is 42.2 Å². The Kier molecular flexibility index (Phi) is 3.93. The lowest BCUT2D eigenvalue weighted by molar-refractivity contribution is 1.11. The summed E-state index contributed by atoms with van der Waals surface area (Å²) in [5.74, 6) is 0.861. The molecule has 3 heterocycles. The quantitative estimate of drug-likeness (QED) is 0.273. The highest BCUT2D eigenvalue weighted by Gasteiger charge is 2.13. The fourth-order valence-corrected chi connectivity index (χ4v) is 5.99. The number of pyridine rings is 1. The molecule has 4 heteroatoms. The molecule has 4 aromatic carbocycles. The number of aryl methyl sites for hydroxylation is 1. The molecule has 0 fully saturated rings. The third-order valence-corrected chi connectivity index (χ3v) is 7.63. The van der Waals surface area contributed by atoms with Crippen molar-refractivity contribution in [2.45, 2.75) is 6.92 Å². The SMILES string of the molecule is Cc1ccc2ccn3c(-c4ccc(-c5cccc6c5sc5ccccc56)cc4)nnc3c2c1. The normalized spacial score (nSPS) is 11.8. The molecule has 0 bridgehead atoms. The Labute approximate surface area is 194 Å². The number of thiophene rings is 1. The number of nitrogens with zero attached hydrogens (tertiary/aromatic N) is 3. The second kappa shape index (κ2) is 6.99. The van der Waals surface area contributed by atoms with Crippen LogP contribution in [0.1, 0.15) is 5.56 Å². The molecule has 3 aromatic heterocycles. The monoisotopic (exact) mass is 441 g/mol. The minimum atomic E-state index is 0.861. The Morgan fingerprint density at radius 3 is 2.42 bits per heavy atom. The summed E-state index contributed by atoms with van der Waals surface area (Å²) in [5.41, 5.74) is 5.66. The topological polar surface area (TPSA) is 30.2 Å². The van der Waals surface area contributed by atoms with Gasteiger partial charge in [-0.15, -0.1) is 21.5 Å². The van der Waals surface area contributed by atoms with Crippen LogP contribution >= 0.6 is 11.3 Å². The average molecular weight is 442 g/mol. The maximum atomic E-state index is 4.54. The summed E-state index contributed by atoms with van der Waals surface area (Å²) in [6.07, 6.45) is 2.06. The summed E-state index contributed by atoms with van der Waals surface area (Å²) < 4.78 is 4.75. The molecule has 0 aliphatic heterocycles. The van der Waals surface area contributed by atoms with Crippen molar-refractivity contribution >= 4 is 47.9 Å². The molecule has 0 saturated heterocycles. The van der Waals surface area contributed by atoms with Crippen LogP contribution in [-0.4, -0.2) is 14.6 Å². The molecule has 0 saturated carbocycles. The van der Waals surface area contributed by atoms with E-state index in [1.807, 2.05) is 11.3 Å². The zero-order chi connectivity index (χ0) is 21.9. The highest BCUT2D eigenvalue weighted by Crippen LogP contribution is 2.40. The Balaban J connectivity index is 1.35. The second-order valence-corrected chi connectivity index (χ2v) is 9.53. The number of hydrogen-bond donors (Lipinski definition) is 0. The lowest BCUT2D eigenvalue weighted by atomic mass is 10.0. The lowest BCUT2D eigenvalue weighted by Crippen LogP contribution is -1.90. The third-order valence-electron chi connectivity index (χ3n) is 6.41. The van der Waals surface area contributed by atoms with Crippen molar-refractivity contribution in [3.63, 3.8) is 0 Å². The fraction of sp³-hybridized carbons (Fsp3) is 0.0345. The van der Waals surface area contributed by atoms with Gasteiger partial charge >= 0.3 is 0 Å². The van der Waals surface area contributed by atoms with Crippen molar-refractivity contribution in [1.82, 2.24) is 14.6 Å². The molecule has 0 aliphatic rings. The highest BCUT2D eigenvalue weighted by molar-refractivity contribution is 7.26. The predicted molar refractivity (Wildman–Crippen MR) is 139 cm³/mol. The highest BCUT2D eigenvalue weighted by atomic mass is 32.1.